The highest BCUT2D eigenvalue weighted by Gasteiger charge is 2.11. The third-order valence-electron chi connectivity index (χ3n) is 2.37. The van der Waals surface area contributed by atoms with Crippen molar-refractivity contribution in [2.24, 2.45) is 0 Å². The minimum absolute atomic E-state index is 0.553. The van der Waals surface area contributed by atoms with E-state index in [4.69, 9.17) is 4.52 Å². The molecule has 3 aromatic rings. The Kier molecular flexibility index (Phi) is 3.56. The summed E-state index contributed by atoms with van der Waals surface area (Å²) < 4.78 is 6.93. The number of thioether (sulfide) groups is 1. The molecule has 9 heteroatoms. The fourth-order valence-electron chi connectivity index (χ4n) is 1.45. The van der Waals surface area contributed by atoms with Crippen LogP contribution in [0.15, 0.2) is 26.5 Å². The topological polar surface area (TPSA) is 82.5 Å². The molecule has 0 radical (unpaired) electrons. The molecule has 0 saturated carbocycles. The number of hydrogen-bond acceptors (Lipinski definition) is 8. The van der Waals surface area contributed by atoms with Gasteiger partial charge in [-0.1, -0.05) is 16.9 Å². The molecule has 0 atom stereocenters. The fraction of sp³-hybridized carbons (Fsp3) is 0.300. The van der Waals surface area contributed by atoms with Gasteiger partial charge in [0.15, 0.2) is 0 Å². The van der Waals surface area contributed by atoms with Gasteiger partial charge in [0.1, 0.15) is 0 Å². The summed E-state index contributed by atoms with van der Waals surface area (Å²) in [5.41, 5.74) is 0.975. The molecular weight excluding hydrogens is 284 g/mol. The van der Waals surface area contributed by atoms with Gasteiger partial charge < -0.3 is 4.52 Å². The van der Waals surface area contributed by atoms with E-state index in [9.17, 15) is 0 Å². The average molecular weight is 294 g/mol. The van der Waals surface area contributed by atoms with Crippen molar-refractivity contribution >= 4 is 23.1 Å². The van der Waals surface area contributed by atoms with E-state index in [0.717, 1.165) is 17.3 Å². The van der Waals surface area contributed by atoms with Crippen LogP contribution in [0.5, 0.6) is 0 Å². The lowest BCUT2D eigenvalue weighted by Crippen LogP contribution is -1.98. The molecule has 0 aliphatic rings. The van der Waals surface area contributed by atoms with Crippen LogP contribution >= 0.6 is 23.1 Å². The summed E-state index contributed by atoms with van der Waals surface area (Å²) in [5, 5.41) is 20.1. The Labute approximate surface area is 117 Å². The summed E-state index contributed by atoms with van der Waals surface area (Å²) in [5.74, 6) is 1.74. The highest BCUT2D eigenvalue weighted by atomic mass is 32.2. The zero-order chi connectivity index (χ0) is 13.1. The van der Waals surface area contributed by atoms with Gasteiger partial charge in [0.05, 0.1) is 5.75 Å². The van der Waals surface area contributed by atoms with Gasteiger partial charge in [-0.2, -0.15) is 16.3 Å². The summed E-state index contributed by atoms with van der Waals surface area (Å²) in [6.07, 6.45) is 0. The van der Waals surface area contributed by atoms with Crippen LogP contribution in [0.25, 0.3) is 11.4 Å². The predicted molar refractivity (Wildman–Crippen MR) is 70.7 cm³/mol. The monoisotopic (exact) mass is 294 g/mol. The SMILES string of the molecule is CCn1nnnc1SCc1nc(-c2ccsc2)no1. The Morgan fingerprint density at radius 1 is 1.47 bits per heavy atom. The zero-order valence-corrected chi connectivity index (χ0v) is 11.7. The molecule has 0 aliphatic carbocycles. The molecule has 19 heavy (non-hydrogen) atoms. The molecule has 3 rings (SSSR count). The van der Waals surface area contributed by atoms with Crippen LogP contribution in [-0.2, 0) is 12.3 Å². The minimum atomic E-state index is 0.553. The second kappa shape index (κ2) is 5.49. The number of hydrogen-bond donors (Lipinski definition) is 0. The second-order valence-corrected chi connectivity index (χ2v) is 5.31. The van der Waals surface area contributed by atoms with E-state index in [0.29, 0.717) is 17.5 Å². The molecule has 0 unspecified atom stereocenters. The van der Waals surface area contributed by atoms with Gasteiger partial charge in [-0.15, -0.1) is 5.10 Å². The van der Waals surface area contributed by atoms with Crippen LogP contribution in [0.4, 0.5) is 0 Å². The van der Waals surface area contributed by atoms with Crippen molar-refractivity contribution in [3.63, 3.8) is 0 Å². The van der Waals surface area contributed by atoms with Gasteiger partial charge >= 0.3 is 0 Å². The maximum atomic E-state index is 5.21. The zero-order valence-electron chi connectivity index (χ0n) is 10.1. The van der Waals surface area contributed by atoms with Crippen molar-refractivity contribution in [1.29, 1.82) is 0 Å². The van der Waals surface area contributed by atoms with Gasteiger partial charge in [-0.25, -0.2) is 4.68 Å². The van der Waals surface area contributed by atoms with Crippen molar-refractivity contribution in [3.8, 4) is 11.4 Å². The molecule has 0 N–H and O–H groups in total. The number of thiophene rings is 1. The van der Waals surface area contributed by atoms with Crippen LogP contribution in [0, 0.1) is 0 Å². The molecule has 98 valence electrons. The molecule has 0 spiro atoms. The number of rotatable bonds is 5. The first-order valence-corrected chi connectivity index (χ1v) is 7.53. The smallest absolute Gasteiger partial charge is 0.237 e. The molecule has 0 amide bonds. The van der Waals surface area contributed by atoms with Crippen molar-refractivity contribution in [1.82, 2.24) is 30.3 Å². The quantitative estimate of drug-likeness (QED) is 0.666. The Morgan fingerprint density at radius 3 is 3.21 bits per heavy atom. The summed E-state index contributed by atoms with van der Waals surface area (Å²) in [6.45, 7) is 2.72. The molecule has 3 aromatic heterocycles. The fourth-order valence-corrected chi connectivity index (χ4v) is 2.86. The third kappa shape index (κ3) is 2.66. The summed E-state index contributed by atoms with van der Waals surface area (Å²) in [4.78, 5) is 4.34. The molecule has 0 aliphatic heterocycles. The minimum Gasteiger partial charge on any atom is -0.338 e. The second-order valence-electron chi connectivity index (χ2n) is 3.59. The van der Waals surface area contributed by atoms with Crippen LogP contribution in [-0.4, -0.2) is 30.3 Å². The van der Waals surface area contributed by atoms with Gasteiger partial charge in [0.2, 0.25) is 16.9 Å². The first-order chi connectivity index (χ1) is 9.36. The van der Waals surface area contributed by atoms with Crippen LogP contribution < -0.4 is 0 Å². The van der Waals surface area contributed by atoms with Crippen molar-refractivity contribution < 1.29 is 4.52 Å². The van der Waals surface area contributed by atoms with E-state index >= 15 is 0 Å². The molecule has 3 heterocycles. The van der Waals surface area contributed by atoms with Gasteiger partial charge in [-0.3, -0.25) is 0 Å². The first kappa shape index (κ1) is 12.3. The average Bonchev–Trinajstić information content (AvgIpc) is 3.16. The summed E-state index contributed by atoms with van der Waals surface area (Å²) in [6, 6.07) is 1.96. The molecular formula is C10H10N6OS2. The lowest BCUT2D eigenvalue weighted by molar-refractivity contribution is 0.391. The van der Waals surface area contributed by atoms with Crippen molar-refractivity contribution in [3.05, 3.63) is 22.7 Å². The van der Waals surface area contributed by atoms with E-state index in [1.807, 2.05) is 23.8 Å². The van der Waals surface area contributed by atoms with Gasteiger partial charge in [-0.05, 0) is 28.8 Å². The number of nitrogens with zero attached hydrogens (tertiary/aromatic N) is 6. The highest BCUT2D eigenvalue weighted by Crippen LogP contribution is 2.22. The maximum absolute atomic E-state index is 5.21. The molecule has 0 fully saturated rings. The van der Waals surface area contributed by atoms with Crippen LogP contribution in [0.3, 0.4) is 0 Å². The Balaban J connectivity index is 1.68. The number of tetrazole rings is 1. The van der Waals surface area contributed by atoms with Crippen molar-refractivity contribution in [2.75, 3.05) is 0 Å². The Hall–Kier alpha value is -1.74. The van der Waals surface area contributed by atoms with E-state index in [1.54, 1.807) is 16.0 Å². The number of aryl methyl sites for hydroxylation is 1. The van der Waals surface area contributed by atoms with E-state index in [1.165, 1.54) is 11.8 Å². The van der Waals surface area contributed by atoms with Crippen LogP contribution in [0.1, 0.15) is 12.8 Å². The lowest BCUT2D eigenvalue weighted by atomic mass is 10.3. The molecule has 7 nitrogen and oxygen atoms in total. The number of aromatic nitrogens is 6. The first-order valence-electron chi connectivity index (χ1n) is 5.61. The van der Waals surface area contributed by atoms with Crippen molar-refractivity contribution in [2.45, 2.75) is 24.4 Å². The highest BCUT2D eigenvalue weighted by molar-refractivity contribution is 7.98. The normalized spacial score (nSPS) is 11.0. The van der Waals surface area contributed by atoms with Gasteiger partial charge in [0.25, 0.3) is 0 Å². The van der Waals surface area contributed by atoms with E-state index in [2.05, 4.69) is 25.7 Å². The van der Waals surface area contributed by atoms with E-state index in [-0.39, 0.29) is 0 Å². The van der Waals surface area contributed by atoms with Gasteiger partial charge in [0, 0.05) is 17.5 Å². The predicted octanol–water partition coefficient (Wildman–Crippen LogP) is 2.10. The Bertz CT molecular complexity index is 647. The molecule has 0 aromatic carbocycles. The maximum Gasteiger partial charge on any atom is 0.237 e. The van der Waals surface area contributed by atoms with E-state index < -0.39 is 0 Å². The summed E-state index contributed by atoms with van der Waals surface area (Å²) in [7, 11) is 0. The third-order valence-corrected chi connectivity index (χ3v) is 4.00. The largest absolute Gasteiger partial charge is 0.338 e. The summed E-state index contributed by atoms with van der Waals surface area (Å²) >= 11 is 3.08. The lowest BCUT2D eigenvalue weighted by Gasteiger charge is -1.97. The molecule has 0 bridgehead atoms. The molecule has 0 saturated heterocycles. The standard InChI is InChI=1S/C10H10N6OS2/c1-2-16-10(12-14-15-16)19-6-8-11-9(13-17-8)7-3-4-18-5-7/h3-5H,2,6H2,1H3. The van der Waals surface area contributed by atoms with Crippen LogP contribution in [0.2, 0.25) is 0 Å². The Morgan fingerprint density at radius 2 is 2.42 bits per heavy atom.